The number of halogens is 2. The molecule has 0 aliphatic heterocycles. The molecular weight excluding hydrogens is 539 g/mol. The maximum atomic E-state index is 13.2. The van der Waals surface area contributed by atoms with E-state index in [4.69, 9.17) is 42.1 Å². The molecule has 0 bridgehead atoms. The molecule has 2 atom stereocenters. The van der Waals surface area contributed by atoms with E-state index in [2.05, 4.69) is 10.3 Å². The van der Waals surface area contributed by atoms with Crippen molar-refractivity contribution >= 4 is 40.5 Å². The first-order valence-corrected chi connectivity index (χ1v) is 13.0. The molecule has 0 saturated heterocycles. The number of aromatic amines is 1. The van der Waals surface area contributed by atoms with Crippen LogP contribution in [0.5, 0.6) is 11.5 Å². The number of esters is 1. The van der Waals surface area contributed by atoms with Crippen LogP contribution in [-0.2, 0) is 22.4 Å². The van der Waals surface area contributed by atoms with Gasteiger partial charge in [-0.25, -0.2) is 9.78 Å². The summed E-state index contributed by atoms with van der Waals surface area (Å²) in [4.78, 5) is 17.3. The number of aliphatic hydroxyl groups is 1. The standard InChI is InChI=1S/C26H30Cl2N2O6S/c1-26(2,3)36-25(32)30-12-16-7-9-23(37-16)24(31)35-21(11-17-18(27)13-29-14-19(17)28)15-6-8-20(33-4)22(10-15)34-5/h6-10,13-14,21,25,30,32H,11-12H2,1-5H3/p+1/t21-,25?/m0/s1. The van der Waals surface area contributed by atoms with Crippen LogP contribution in [0.2, 0.25) is 10.0 Å². The predicted octanol–water partition coefficient (Wildman–Crippen LogP) is 5.21. The number of carbonyl (C=O) groups excluding carboxylic acids is 1. The number of ether oxygens (including phenoxy) is 4. The SMILES string of the molecule is COc1ccc([C@H](Cc2c(Cl)c[nH+]cc2Cl)OC(=O)c2ccc(CNC(O)OC(C)(C)C)s2)cc1OC. The average Bonchev–Trinajstić information content (AvgIpc) is 3.32. The van der Waals surface area contributed by atoms with Crippen molar-refractivity contribution in [1.82, 2.24) is 5.32 Å². The fourth-order valence-electron chi connectivity index (χ4n) is 3.47. The van der Waals surface area contributed by atoms with Crippen LogP contribution >= 0.6 is 34.5 Å². The number of nitrogens with one attached hydrogen (secondary N) is 2. The monoisotopic (exact) mass is 569 g/mol. The molecule has 3 rings (SSSR count). The highest BCUT2D eigenvalue weighted by Gasteiger charge is 2.25. The Morgan fingerprint density at radius 2 is 1.76 bits per heavy atom. The number of hydrogen-bond donors (Lipinski definition) is 2. The molecule has 8 nitrogen and oxygen atoms in total. The second-order valence-electron chi connectivity index (χ2n) is 9.07. The number of carbonyl (C=O) groups is 1. The molecule has 37 heavy (non-hydrogen) atoms. The van der Waals surface area contributed by atoms with E-state index in [0.717, 1.165) is 4.88 Å². The summed E-state index contributed by atoms with van der Waals surface area (Å²) in [6, 6.07) is 8.79. The molecule has 0 fully saturated rings. The zero-order valence-electron chi connectivity index (χ0n) is 21.3. The molecule has 0 spiro atoms. The lowest BCUT2D eigenvalue weighted by atomic mass is 10.0. The lowest BCUT2D eigenvalue weighted by Gasteiger charge is -2.24. The number of pyridine rings is 1. The van der Waals surface area contributed by atoms with Gasteiger partial charge in [0.1, 0.15) is 21.0 Å². The zero-order valence-corrected chi connectivity index (χ0v) is 23.6. The molecule has 0 saturated carbocycles. The molecule has 2 heterocycles. The lowest BCUT2D eigenvalue weighted by Crippen LogP contribution is -2.37. The minimum atomic E-state index is -1.13. The van der Waals surface area contributed by atoms with E-state index < -0.39 is 24.1 Å². The average molecular weight is 571 g/mol. The van der Waals surface area contributed by atoms with Crippen molar-refractivity contribution in [2.45, 2.75) is 51.9 Å². The van der Waals surface area contributed by atoms with Crippen molar-refractivity contribution in [2.75, 3.05) is 14.2 Å². The van der Waals surface area contributed by atoms with Crippen molar-refractivity contribution in [2.24, 2.45) is 0 Å². The molecule has 200 valence electrons. The van der Waals surface area contributed by atoms with E-state index in [9.17, 15) is 9.90 Å². The van der Waals surface area contributed by atoms with Gasteiger partial charge >= 0.3 is 5.97 Å². The summed E-state index contributed by atoms with van der Waals surface area (Å²) in [7, 11) is 3.08. The fourth-order valence-corrected chi connectivity index (χ4v) is 4.85. The molecule has 3 aromatic rings. The lowest BCUT2D eigenvalue weighted by molar-refractivity contribution is -0.377. The Kier molecular flexibility index (Phi) is 10.2. The first kappa shape index (κ1) is 29.2. The summed E-state index contributed by atoms with van der Waals surface area (Å²) in [5.41, 5.74) is 0.823. The van der Waals surface area contributed by atoms with E-state index >= 15 is 0 Å². The summed E-state index contributed by atoms with van der Waals surface area (Å²) >= 11 is 14.0. The fraction of sp³-hybridized carbons (Fsp3) is 0.385. The van der Waals surface area contributed by atoms with E-state index in [-0.39, 0.29) is 6.42 Å². The van der Waals surface area contributed by atoms with Gasteiger partial charge in [-0.1, -0.05) is 29.3 Å². The number of thiophene rings is 1. The summed E-state index contributed by atoms with van der Waals surface area (Å²) in [5.74, 6) is 0.548. The molecular formula is C26H31Cl2N2O6S+. The quantitative estimate of drug-likeness (QED) is 0.241. The Balaban J connectivity index is 1.80. The van der Waals surface area contributed by atoms with Crippen LogP contribution in [-0.4, -0.2) is 37.3 Å². The Morgan fingerprint density at radius 3 is 2.38 bits per heavy atom. The van der Waals surface area contributed by atoms with Gasteiger partial charge in [-0.3, -0.25) is 5.32 Å². The number of aromatic nitrogens is 1. The highest BCUT2D eigenvalue weighted by molar-refractivity contribution is 7.13. The zero-order chi connectivity index (χ0) is 27.2. The summed E-state index contributed by atoms with van der Waals surface area (Å²) in [6.07, 6.45) is 1.63. The third kappa shape index (κ3) is 8.29. The van der Waals surface area contributed by atoms with Crippen LogP contribution in [0, 0.1) is 0 Å². The first-order valence-electron chi connectivity index (χ1n) is 11.5. The van der Waals surface area contributed by atoms with E-state index in [0.29, 0.717) is 44.1 Å². The van der Waals surface area contributed by atoms with Gasteiger partial charge in [-0.2, -0.15) is 0 Å². The third-order valence-corrected chi connectivity index (χ3v) is 6.93. The van der Waals surface area contributed by atoms with Gasteiger partial charge in [0, 0.05) is 23.4 Å². The van der Waals surface area contributed by atoms with Gasteiger partial charge in [-0.15, -0.1) is 11.3 Å². The summed E-state index contributed by atoms with van der Waals surface area (Å²) < 4.78 is 22.2. The number of hydrogen-bond acceptors (Lipinski definition) is 8. The maximum absolute atomic E-state index is 13.2. The molecule has 2 aromatic heterocycles. The molecule has 11 heteroatoms. The second-order valence-corrected chi connectivity index (χ2v) is 11.1. The smallest absolute Gasteiger partial charge is 0.348 e. The highest BCUT2D eigenvalue weighted by Crippen LogP contribution is 2.35. The highest BCUT2D eigenvalue weighted by atomic mass is 35.5. The number of rotatable bonds is 11. The van der Waals surface area contributed by atoms with E-state index in [1.54, 1.807) is 49.8 Å². The Morgan fingerprint density at radius 1 is 1.08 bits per heavy atom. The molecule has 0 amide bonds. The van der Waals surface area contributed by atoms with Crippen molar-refractivity contribution in [1.29, 1.82) is 0 Å². The maximum Gasteiger partial charge on any atom is 0.348 e. The predicted molar refractivity (Wildman–Crippen MR) is 142 cm³/mol. The van der Waals surface area contributed by atoms with Crippen molar-refractivity contribution in [3.63, 3.8) is 0 Å². The number of aliphatic hydroxyl groups excluding tert-OH is 1. The second kappa shape index (κ2) is 12.9. The van der Waals surface area contributed by atoms with Gasteiger partial charge in [0.2, 0.25) is 6.41 Å². The Labute approximate surface area is 230 Å². The first-order chi connectivity index (χ1) is 17.5. The van der Waals surface area contributed by atoms with Gasteiger partial charge in [0.25, 0.3) is 0 Å². The van der Waals surface area contributed by atoms with Crippen LogP contribution in [0.25, 0.3) is 0 Å². The van der Waals surface area contributed by atoms with Crippen LogP contribution in [0.4, 0.5) is 0 Å². The van der Waals surface area contributed by atoms with Crippen LogP contribution < -0.4 is 19.8 Å². The number of methoxy groups -OCH3 is 2. The molecule has 0 radical (unpaired) electrons. The largest absolute Gasteiger partial charge is 0.493 e. The van der Waals surface area contributed by atoms with Crippen LogP contribution in [0.3, 0.4) is 0 Å². The van der Waals surface area contributed by atoms with Crippen molar-refractivity contribution in [3.8, 4) is 11.5 Å². The van der Waals surface area contributed by atoms with Crippen LogP contribution in [0.1, 0.15) is 52.6 Å². The molecule has 0 aliphatic carbocycles. The third-order valence-electron chi connectivity index (χ3n) is 5.19. The molecule has 3 N–H and O–H groups in total. The van der Waals surface area contributed by atoms with Gasteiger partial charge in [-0.05, 0) is 50.6 Å². The van der Waals surface area contributed by atoms with Crippen molar-refractivity contribution in [3.05, 3.63) is 73.7 Å². The minimum Gasteiger partial charge on any atom is -0.493 e. The normalized spacial score (nSPS) is 13.2. The molecule has 1 aromatic carbocycles. The summed E-state index contributed by atoms with van der Waals surface area (Å²) in [5, 5.41) is 13.7. The number of benzene rings is 1. The summed E-state index contributed by atoms with van der Waals surface area (Å²) in [6.45, 7) is 5.86. The van der Waals surface area contributed by atoms with E-state index in [1.165, 1.54) is 18.4 Å². The Bertz CT molecular complexity index is 1190. The van der Waals surface area contributed by atoms with Gasteiger partial charge < -0.3 is 24.1 Å². The van der Waals surface area contributed by atoms with Crippen LogP contribution in [0.15, 0.2) is 42.7 Å². The number of H-pyrrole nitrogens is 1. The van der Waals surface area contributed by atoms with E-state index in [1.807, 2.05) is 20.8 Å². The molecule has 0 aliphatic rings. The van der Waals surface area contributed by atoms with Gasteiger partial charge in [0.05, 0.1) is 19.8 Å². The van der Waals surface area contributed by atoms with Gasteiger partial charge in [0.15, 0.2) is 23.9 Å². The van der Waals surface area contributed by atoms with Crippen molar-refractivity contribution < 1.29 is 33.8 Å². The molecule has 1 unspecified atom stereocenters. The minimum absolute atomic E-state index is 0.240. The topological polar surface area (TPSA) is 100 Å². The Hall–Kier alpha value is -2.40.